The third-order valence-corrected chi connectivity index (χ3v) is 3.79. The molecule has 14 heavy (non-hydrogen) atoms. The smallest absolute Gasteiger partial charge is 0.225 e. The van der Waals surface area contributed by atoms with Crippen molar-refractivity contribution in [1.29, 1.82) is 0 Å². The summed E-state index contributed by atoms with van der Waals surface area (Å²) in [6.07, 6.45) is 1.41. The fraction of sp³-hybridized carbons (Fsp3) is 0.778. The van der Waals surface area contributed by atoms with E-state index in [1.165, 1.54) is 0 Å². The molecule has 2 N–H and O–H groups in total. The molecule has 2 aliphatic heterocycles. The van der Waals surface area contributed by atoms with Crippen LogP contribution in [0.5, 0.6) is 0 Å². The molecule has 0 spiro atoms. The van der Waals surface area contributed by atoms with Gasteiger partial charge in [-0.15, -0.1) is 0 Å². The van der Waals surface area contributed by atoms with Crippen LogP contribution in [0.1, 0.15) is 12.8 Å². The van der Waals surface area contributed by atoms with Gasteiger partial charge >= 0.3 is 0 Å². The van der Waals surface area contributed by atoms with Gasteiger partial charge in [-0.1, -0.05) is 0 Å². The second-order valence-corrected chi connectivity index (χ2v) is 4.92. The van der Waals surface area contributed by atoms with E-state index < -0.39 is 0 Å². The second-order valence-electron chi connectivity index (χ2n) is 3.77. The number of carbonyl (C=O) groups is 2. The molecule has 0 aromatic rings. The Morgan fingerprint density at radius 1 is 1.57 bits per heavy atom. The fourth-order valence-corrected chi connectivity index (χ4v) is 2.91. The van der Waals surface area contributed by atoms with E-state index in [4.69, 9.17) is 0 Å². The minimum absolute atomic E-state index is 0.00838. The minimum atomic E-state index is -0.145. The van der Waals surface area contributed by atoms with Crippen molar-refractivity contribution in [2.45, 2.75) is 18.9 Å². The Kier molecular flexibility index (Phi) is 2.96. The summed E-state index contributed by atoms with van der Waals surface area (Å²) in [5, 5.41) is 5.66. The predicted octanol–water partition coefficient (Wildman–Crippen LogP) is -0.256. The van der Waals surface area contributed by atoms with Gasteiger partial charge in [-0.2, -0.15) is 11.8 Å². The highest BCUT2D eigenvalue weighted by atomic mass is 32.2. The first-order valence-electron chi connectivity index (χ1n) is 4.90. The molecule has 5 heteroatoms. The molecule has 0 radical (unpaired) electrons. The quantitative estimate of drug-likeness (QED) is 0.666. The predicted molar refractivity (Wildman–Crippen MR) is 55.0 cm³/mol. The largest absolute Gasteiger partial charge is 0.355 e. The Morgan fingerprint density at radius 2 is 2.43 bits per heavy atom. The molecule has 2 amide bonds. The van der Waals surface area contributed by atoms with Gasteiger partial charge < -0.3 is 10.6 Å². The SMILES string of the molecule is O=C1CC(C(=O)NC2CCSC2)CN1. The van der Waals surface area contributed by atoms with Crippen LogP contribution in [0.15, 0.2) is 0 Å². The highest BCUT2D eigenvalue weighted by Gasteiger charge is 2.29. The summed E-state index contributed by atoms with van der Waals surface area (Å²) >= 11 is 1.87. The van der Waals surface area contributed by atoms with Crippen LogP contribution in [-0.4, -0.2) is 35.9 Å². The fourth-order valence-electron chi connectivity index (χ4n) is 1.76. The number of amides is 2. The molecule has 0 aromatic carbocycles. The summed E-state index contributed by atoms with van der Waals surface area (Å²) < 4.78 is 0. The number of hydrogen-bond acceptors (Lipinski definition) is 3. The van der Waals surface area contributed by atoms with Gasteiger partial charge in [0.25, 0.3) is 0 Å². The maximum atomic E-state index is 11.6. The van der Waals surface area contributed by atoms with Crippen LogP contribution >= 0.6 is 11.8 Å². The zero-order valence-electron chi connectivity index (χ0n) is 7.91. The zero-order chi connectivity index (χ0) is 9.97. The number of hydrogen-bond donors (Lipinski definition) is 2. The minimum Gasteiger partial charge on any atom is -0.355 e. The van der Waals surface area contributed by atoms with Gasteiger partial charge in [0, 0.05) is 24.8 Å². The standard InChI is InChI=1S/C9H14N2O2S/c12-8-3-6(4-10-8)9(13)11-7-1-2-14-5-7/h6-7H,1-5H2,(H,10,12)(H,11,13). The maximum absolute atomic E-state index is 11.6. The first-order valence-corrected chi connectivity index (χ1v) is 6.06. The Balaban J connectivity index is 1.80. The van der Waals surface area contributed by atoms with E-state index in [1.54, 1.807) is 0 Å². The van der Waals surface area contributed by atoms with Crippen LogP contribution in [0.2, 0.25) is 0 Å². The molecule has 2 heterocycles. The Labute approximate surface area is 87.2 Å². The Morgan fingerprint density at radius 3 is 3.00 bits per heavy atom. The second kappa shape index (κ2) is 4.21. The van der Waals surface area contributed by atoms with Gasteiger partial charge in [0.15, 0.2) is 0 Å². The lowest BCUT2D eigenvalue weighted by atomic mass is 10.1. The monoisotopic (exact) mass is 214 g/mol. The van der Waals surface area contributed by atoms with Crippen LogP contribution < -0.4 is 10.6 Å². The first kappa shape index (κ1) is 9.83. The van der Waals surface area contributed by atoms with E-state index in [-0.39, 0.29) is 17.7 Å². The van der Waals surface area contributed by atoms with Crippen molar-refractivity contribution in [3.8, 4) is 0 Å². The van der Waals surface area contributed by atoms with Crippen molar-refractivity contribution in [3.05, 3.63) is 0 Å². The molecule has 2 atom stereocenters. The summed E-state index contributed by atoms with van der Waals surface area (Å²) in [4.78, 5) is 22.5. The van der Waals surface area contributed by atoms with Gasteiger partial charge in [-0.05, 0) is 12.2 Å². The van der Waals surface area contributed by atoms with Gasteiger partial charge in [-0.25, -0.2) is 0 Å². The van der Waals surface area contributed by atoms with Crippen molar-refractivity contribution in [1.82, 2.24) is 10.6 Å². The van der Waals surface area contributed by atoms with Crippen LogP contribution in [0.3, 0.4) is 0 Å². The number of nitrogens with one attached hydrogen (secondary N) is 2. The summed E-state index contributed by atoms with van der Waals surface area (Å²) in [6.45, 7) is 0.504. The average Bonchev–Trinajstić information content (AvgIpc) is 2.75. The van der Waals surface area contributed by atoms with Crippen LogP contribution in [0.4, 0.5) is 0 Å². The molecular formula is C9H14N2O2S. The molecule has 2 rings (SSSR count). The lowest BCUT2D eigenvalue weighted by molar-refractivity contribution is -0.126. The highest BCUT2D eigenvalue weighted by molar-refractivity contribution is 7.99. The number of carbonyl (C=O) groups excluding carboxylic acids is 2. The van der Waals surface area contributed by atoms with E-state index in [2.05, 4.69) is 10.6 Å². The molecule has 2 aliphatic rings. The molecule has 0 aliphatic carbocycles. The third-order valence-electron chi connectivity index (χ3n) is 2.62. The van der Waals surface area contributed by atoms with E-state index in [9.17, 15) is 9.59 Å². The summed E-state index contributed by atoms with van der Waals surface area (Å²) in [7, 11) is 0. The topological polar surface area (TPSA) is 58.2 Å². The van der Waals surface area contributed by atoms with Crippen LogP contribution in [0, 0.1) is 5.92 Å². The molecule has 4 nitrogen and oxygen atoms in total. The normalized spacial score (nSPS) is 31.6. The molecule has 0 saturated carbocycles. The summed E-state index contributed by atoms with van der Waals surface area (Å²) in [6, 6.07) is 0.322. The number of thioether (sulfide) groups is 1. The van der Waals surface area contributed by atoms with E-state index >= 15 is 0 Å². The lowest BCUT2D eigenvalue weighted by Gasteiger charge is -2.13. The summed E-state index contributed by atoms with van der Waals surface area (Å²) in [5.74, 6) is 2.03. The highest BCUT2D eigenvalue weighted by Crippen LogP contribution is 2.18. The average molecular weight is 214 g/mol. The van der Waals surface area contributed by atoms with Gasteiger partial charge in [-0.3, -0.25) is 9.59 Å². The first-order chi connectivity index (χ1) is 6.75. The van der Waals surface area contributed by atoms with Crippen molar-refractivity contribution in [2.75, 3.05) is 18.1 Å². The van der Waals surface area contributed by atoms with Gasteiger partial charge in [0.2, 0.25) is 11.8 Å². The van der Waals surface area contributed by atoms with Crippen molar-refractivity contribution in [3.63, 3.8) is 0 Å². The van der Waals surface area contributed by atoms with Crippen molar-refractivity contribution in [2.24, 2.45) is 5.92 Å². The Hall–Kier alpha value is -0.710. The van der Waals surface area contributed by atoms with Gasteiger partial charge in [0.05, 0.1) is 5.92 Å². The van der Waals surface area contributed by atoms with Gasteiger partial charge in [0.1, 0.15) is 0 Å². The Bertz CT molecular complexity index is 251. The van der Waals surface area contributed by atoms with E-state index in [1.807, 2.05) is 11.8 Å². The van der Waals surface area contributed by atoms with Crippen LogP contribution in [-0.2, 0) is 9.59 Å². The maximum Gasteiger partial charge on any atom is 0.225 e. The molecule has 0 bridgehead atoms. The molecule has 0 aromatic heterocycles. The zero-order valence-corrected chi connectivity index (χ0v) is 8.73. The van der Waals surface area contributed by atoms with Crippen LogP contribution in [0.25, 0.3) is 0 Å². The molecule has 2 saturated heterocycles. The number of rotatable bonds is 2. The molecule has 78 valence electrons. The van der Waals surface area contributed by atoms with E-state index in [0.29, 0.717) is 19.0 Å². The third kappa shape index (κ3) is 2.20. The van der Waals surface area contributed by atoms with Crippen molar-refractivity contribution < 1.29 is 9.59 Å². The van der Waals surface area contributed by atoms with Crippen molar-refractivity contribution >= 4 is 23.6 Å². The molecular weight excluding hydrogens is 200 g/mol. The van der Waals surface area contributed by atoms with E-state index in [0.717, 1.165) is 17.9 Å². The lowest BCUT2D eigenvalue weighted by Crippen LogP contribution is -2.39. The molecule has 2 fully saturated rings. The molecule has 2 unspecified atom stereocenters. The summed E-state index contributed by atoms with van der Waals surface area (Å²) in [5.41, 5.74) is 0.